The van der Waals surface area contributed by atoms with E-state index in [0.717, 1.165) is 18.1 Å². The zero-order chi connectivity index (χ0) is 16.1. The van der Waals surface area contributed by atoms with Crippen LogP contribution in [0.5, 0.6) is 5.75 Å². The molecule has 3 rings (SSSR count). The fourth-order valence-corrected chi connectivity index (χ4v) is 3.76. The maximum absolute atomic E-state index is 5.76. The summed E-state index contributed by atoms with van der Waals surface area (Å²) in [5.74, 6) is 1.91. The third-order valence-corrected chi connectivity index (χ3v) is 5.05. The van der Waals surface area contributed by atoms with Crippen molar-refractivity contribution >= 4 is 10.8 Å². The van der Waals surface area contributed by atoms with Crippen molar-refractivity contribution in [2.75, 3.05) is 20.1 Å². The number of hydroxylamine groups is 1. The summed E-state index contributed by atoms with van der Waals surface area (Å²) in [6, 6.07) is 10.9. The number of fused-ring (bicyclic) bond motifs is 1. The summed E-state index contributed by atoms with van der Waals surface area (Å²) >= 11 is 0. The van der Waals surface area contributed by atoms with Crippen LogP contribution in [0.1, 0.15) is 36.8 Å². The third-order valence-electron chi connectivity index (χ3n) is 5.05. The van der Waals surface area contributed by atoms with E-state index in [4.69, 9.17) is 4.84 Å². The molecule has 0 atom stereocenters. The Morgan fingerprint density at radius 3 is 2.78 bits per heavy atom. The van der Waals surface area contributed by atoms with Crippen LogP contribution < -0.4 is 15.6 Å². The molecule has 2 aromatic carbocycles. The van der Waals surface area contributed by atoms with Gasteiger partial charge >= 0.3 is 0 Å². The molecule has 0 aliphatic carbocycles. The first-order valence-electron chi connectivity index (χ1n) is 8.85. The minimum atomic E-state index is 0.895. The van der Waals surface area contributed by atoms with Crippen LogP contribution in [0.4, 0.5) is 0 Å². The standard InChI is InChI=1S/C20H28N2O/c1-15-19-9-4-3-7-17(19)14-18(20(15)23-21-2)8-5-6-16-10-12-22-13-11-16/h3-4,7,9,14,16,21-22H,5-6,8,10-13H2,1-2H3. The first-order valence-corrected chi connectivity index (χ1v) is 8.85. The van der Waals surface area contributed by atoms with E-state index in [1.807, 2.05) is 7.05 Å². The Hall–Kier alpha value is -1.58. The van der Waals surface area contributed by atoms with Gasteiger partial charge in [-0.25, -0.2) is 0 Å². The van der Waals surface area contributed by atoms with Crippen molar-refractivity contribution in [2.45, 2.75) is 39.0 Å². The molecule has 1 aliphatic heterocycles. The van der Waals surface area contributed by atoms with Gasteiger partial charge in [0.05, 0.1) is 0 Å². The molecule has 0 spiro atoms. The number of hydrogen-bond donors (Lipinski definition) is 2. The molecule has 1 heterocycles. The van der Waals surface area contributed by atoms with Crippen molar-refractivity contribution in [3.63, 3.8) is 0 Å². The van der Waals surface area contributed by atoms with Gasteiger partial charge in [-0.15, -0.1) is 0 Å². The van der Waals surface area contributed by atoms with E-state index in [0.29, 0.717) is 0 Å². The van der Waals surface area contributed by atoms with Crippen molar-refractivity contribution in [1.82, 2.24) is 10.8 Å². The highest BCUT2D eigenvalue weighted by Crippen LogP contribution is 2.32. The molecule has 3 heteroatoms. The van der Waals surface area contributed by atoms with E-state index in [2.05, 4.69) is 48.1 Å². The summed E-state index contributed by atoms with van der Waals surface area (Å²) in [7, 11) is 1.83. The molecule has 3 nitrogen and oxygen atoms in total. The topological polar surface area (TPSA) is 33.3 Å². The van der Waals surface area contributed by atoms with Gasteiger partial charge < -0.3 is 10.2 Å². The summed E-state index contributed by atoms with van der Waals surface area (Å²) in [5, 5.41) is 6.04. The van der Waals surface area contributed by atoms with E-state index in [1.165, 1.54) is 60.7 Å². The summed E-state index contributed by atoms with van der Waals surface area (Å²) in [4.78, 5) is 5.76. The van der Waals surface area contributed by atoms with E-state index in [1.54, 1.807) is 0 Å². The van der Waals surface area contributed by atoms with Crippen molar-refractivity contribution in [1.29, 1.82) is 0 Å². The first-order chi connectivity index (χ1) is 11.3. The fourth-order valence-electron chi connectivity index (χ4n) is 3.76. The highest BCUT2D eigenvalue weighted by molar-refractivity contribution is 5.88. The average molecular weight is 312 g/mol. The summed E-state index contributed by atoms with van der Waals surface area (Å²) in [6.45, 7) is 4.53. The van der Waals surface area contributed by atoms with Crippen LogP contribution in [0.25, 0.3) is 10.8 Å². The first kappa shape index (κ1) is 16.3. The van der Waals surface area contributed by atoms with E-state index < -0.39 is 0 Å². The Balaban J connectivity index is 1.76. The number of hydrogen-bond acceptors (Lipinski definition) is 3. The highest BCUT2D eigenvalue weighted by Gasteiger charge is 2.15. The SMILES string of the molecule is CNOc1c(CCCC2CCNCC2)cc2ccccc2c1C. The second kappa shape index (κ2) is 7.80. The highest BCUT2D eigenvalue weighted by atomic mass is 16.6. The van der Waals surface area contributed by atoms with Crippen LogP contribution in [0, 0.1) is 12.8 Å². The number of piperidine rings is 1. The second-order valence-corrected chi connectivity index (χ2v) is 6.60. The maximum Gasteiger partial charge on any atom is 0.153 e. The lowest BCUT2D eigenvalue weighted by Crippen LogP contribution is -2.27. The molecule has 1 aliphatic rings. The summed E-state index contributed by atoms with van der Waals surface area (Å²) < 4.78 is 0. The molecule has 0 aromatic heterocycles. The van der Waals surface area contributed by atoms with Crippen LogP contribution in [0.15, 0.2) is 30.3 Å². The molecule has 2 N–H and O–H groups in total. The largest absolute Gasteiger partial charge is 0.408 e. The van der Waals surface area contributed by atoms with E-state index in [-0.39, 0.29) is 0 Å². The maximum atomic E-state index is 5.76. The van der Waals surface area contributed by atoms with E-state index >= 15 is 0 Å². The van der Waals surface area contributed by atoms with Gasteiger partial charge in [-0.3, -0.25) is 0 Å². The Morgan fingerprint density at radius 2 is 2.00 bits per heavy atom. The number of aryl methyl sites for hydroxylation is 2. The van der Waals surface area contributed by atoms with Gasteiger partial charge in [0.1, 0.15) is 0 Å². The Morgan fingerprint density at radius 1 is 1.22 bits per heavy atom. The zero-order valence-corrected chi connectivity index (χ0v) is 14.3. The number of nitrogens with one attached hydrogen (secondary N) is 2. The monoisotopic (exact) mass is 312 g/mol. The number of benzene rings is 2. The molecule has 0 saturated carbocycles. The second-order valence-electron chi connectivity index (χ2n) is 6.60. The molecule has 2 aromatic rings. The predicted octanol–water partition coefficient (Wildman–Crippen LogP) is 3.98. The molecular formula is C20H28N2O. The van der Waals surface area contributed by atoms with Gasteiger partial charge in [-0.2, -0.15) is 5.48 Å². The smallest absolute Gasteiger partial charge is 0.153 e. The van der Waals surface area contributed by atoms with Crippen molar-refractivity contribution in [3.05, 3.63) is 41.5 Å². The predicted molar refractivity (Wildman–Crippen MR) is 96.9 cm³/mol. The Labute approximate surface area is 139 Å². The van der Waals surface area contributed by atoms with Crippen molar-refractivity contribution in [2.24, 2.45) is 5.92 Å². The molecule has 1 saturated heterocycles. The molecule has 1 fully saturated rings. The molecule has 0 bridgehead atoms. The Bertz CT molecular complexity index is 647. The summed E-state index contributed by atoms with van der Waals surface area (Å²) in [6.07, 6.45) is 6.31. The van der Waals surface area contributed by atoms with Gasteiger partial charge in [0.2, 0.25) is 0 Å². The van der Waals surface area contributed by atoms with Gasteiger partial charge in [-0.1, -0.05) is 30.7 Å². The fraction of sp³-hybridized carbons (Fsp3) is 0.500. The third kappa shape index (κ3) is 3.85. The number of rotatable bonds is 6. The van der Waals surface area contributed by atoms with Crippen LogP contribution in [-0.4, -0.2) is 20.1 Å². The van der Waals surface area contributed by atoms with Crippen LogP contribution in [0.3, 0.4) is 0 Å². The lowest BCUT2D eigenvalue weighted by molar-refractivity contribution is 0.220. The zero-order valence-electron chi connectivity index (χ0n) is 14.3. The molecule has 0 unspecified atom stereocenters. The van der Waals surface area contributed by atoms with Gasteiger partial charge in [-0.05, 0) is 74.0 Å². The molecule has 124 valence electrons. The molecule has 23 heavy (non-hydrogen) atoms. The average Bonchev–Trinajstić information content (AvgIpc) is 2.59. The molecular weight excluding hydrogens is 284 g/mol. The molecule has 0 amide bonds. The van der Waals surface area contributed by atoms with Crippen LogP contribution in [0.2, 0.25) is 0 Å². The van der Waals surface area contributed by atoms with E-state index in [9.17, 15) is 0 Å². The summed E-state index contributed by atoms with van der Waals surface area (Å²) in [5.41, 5.74) is 5.42. The van der Waals surface area contributed by atoms with Crippen molar-refractivity contribution < 1.29 is 4.84 Å². The molecule has 0 radical (unpaired) electrons. The lowest BCUT2D eigenvalue weighted by atomic mass is 9.90. The normalized spacial score (nSPS) is 15.9. The van der Waals surface area contributed by atoms with Crippen LogP contribution in [-0.2, 0) is 6.42 Å². The minimum Gasteiger partial charge on any atom is -0.408 e. The van der Waals surface area contributed by atoms with Gasteiger partial charge in [0.15, 0.2) is 5.75 Å². The van der Waals surface area contributed by atoms with Crippen molar-refractivity contribution in [3.8, 4) is 5.75 Å². The van der Waals surface area contributed by atoms with Crippen LogP contribution >= 0.6 is 0 Å². The van der Waals surface area contributed by atoms with Gasteiger partial charge in [0, 0.05) is 12.6 Å². The quantitative estimate of drug-likeness (QED) is 0.792. The lowest BCUT2D eigenvalue weighted by Gasteiger charge is -2.22. The van der Waals surface area contributed by atoms with Gasteiger partial charge in [0.25, 0.3) is 0 Å². The minimum absolute atomic E-state index is 0.895. The Kier molecular flexibility index (Phi) is 5.52.